The Hall–Kier alpha value is -0.860. The quantitative estimate of drug-likeness (QED) is 0.453. The molecule has 0 radical (unpaired) electrons. The third-order valence-electron chi connectivity index (χ3n) is 2.16. The number of nitrogens with zero attached hydrogens (tertiary/aromatic N) is 1. The predicted molar refractivity (Wildman–Crippen MR) is 42.7 cm³/mol. The van der Waals surface area contributed by atoms with Crippen molar-refractivity contribution in [1.82, 2.24) is 0 Å². The molecule has 0 aromatic carbocycles. The van der Waals surface area contributed by atoms with E-state index >= 15 is 0 Å². The lowest BCUT2D eigenvalue weighted by Crippen LogP contribution is -1.97. The Morgan fingerprint density at radius 1 is 1.55 bits per heavy atom. The van der Waals surface area contributed by atoms with Gasteiger partial charge in [0.1, 0.15) is 0 Å². The van der Waals surface area contributed by atoms with E-state index < -0.39 is 0 Å². The molecule has 62 valence electrons. The zero-order valence-electron chi connectivity index (χ0n) is 6.75. The fraction of sp³-hybridized carbons (Fsp3) is 0.750. The first kappa shape index (κ1) is 8.24. The molecule has 1 fully saturated rings. The molecule has 1 rings (SSSR count). The average Bonchev–Trinajstić information content (AvgIpc) is 2.39. The van der Waals surface area contributed by atoms with Crippen molar-refractivity contribution in [1.29, 1.82) is 0 Å². The van der Waals surface area contributed by atoms with Gasteiger partial charge in [-0.2, -0.15) is 0 Å². The molecule has 1 aliphatic carbocycles. The number of rotatable bonds is 2. The zero-order valence-corrected chi connectivity index (χ0v) is 6.75. The van der Waals surface area contributed by atoms with Crippen LogP contribution >= 0.6 is 0 Å². The molecule has 0 saturated heterocycles. The minimum Gasteiger partial charge on any atom is -0.259 e. The first-order valence-corrected chi connectivity index (χ1v) is 4.03. The summed E-state index contributed by atoms with van der Waals surface area (Å²) in [6.07, 6.45) is 6.52. The summed E-state index contributed by atoms with van der Waals surface area (Å²) in [5, 5.41) is 10.2. The largest absolute Gasteiger partial charge is 0.259 e. The molecule has 0 atom stereocenters. The van der Waals surface area contributed by atoms with Gasteiger partial charge in [0.2, 0.25) is 5.70 Å². The van der Waals surface area contributed by atoms with E-state index in [1.165, 1.54) is 12.8 Å². The molecule has 1 aliphatic rings. The highest BCUT2D eigenvalue weighted by Crippen LogP contribution is 2.26. The Morgan fingerprint density at radius 3 is 2.55 bits per heavy atom. The fourth-order valence-corrected chi connectivity index (χ4v) is 1.53. The molecule has 0 aromatic heterocycles. The van der Waals surface area contributed by atoms with Gasteiger partial charge < -0.3 is 0 Å². The van der Waals surface area contributed by atoms with Crippen LogP contribution in [0.2, 0.25) is 0 Å². The fourth-order valence-electron chi connectivity index (χ4n) is 1.53. The van der Waals surface area contributed by atoms with Gasteiger partial charge in [-0.05, 0) is 24.8 Å². The van der Waals surface area contributed by atoms with Gasteiger partial charge >= 0.3 is 0 Å². The van der Waals surface area contributed by atoms with Crippen molar-refractivity contribution in [3.63, 3.8) is 0 Å². The van der Waals surface area contributed by atoms with Crippen LogP contribution < -0.4 is 0 Å². The molecule has 0 unspecified atom stereocenters. The summed E-state index contributed by atoms with van der Waals surface area (Å²) >= 11 is 0. The summed E-state index contributed by atoms with van der Waals surface area (Å²) in [5.41, 5.74) is 0.303. The third kappa shape index (κ3) is 2.33. The van der Waals surface area contributed by atoms with Crippen molar-refractivity contribution in [3.05, 3.63) is 21.9 Å². The summed E-state index contributed by atoms with van der Waals surface area (Å²) in [4.78, 5) is 9.92. The van der Waals surface area contributed by atoms with E-state index in [0.717, 1.165) is 12.8 Å². The van der Waals surface area contributed by atoms with Gasteiger partial charge in [-0.15, -0.1) is 0 Å². The van der Waals surface area contributed by atoms with E-state index in [2.05, 4.69) is 0 Å². The van der Waals surface area contributed by atoms with E-state index in [0.29, 0.717) is 11.6 Å². The van der Waals surface area contributed by atoms with Crippen LogP contribution in [-0.2, 0) is 0 Å². The molecule has 1 saturated carbocycles. The standard InChI is InChI=1S/C8H13NO2/c1-7(9(10)11)6-8-4-2-3-5-8/h6,8H,2-5H2,1H3. The third-order valence-corrected chi connectivity index (χ3v) is 2.16. The Balaban J connectivity index is 2.49. The Labute approximate surface area is 66.3 Å². The highest BCUT2D eigenvalue weighted by Gasteiger charge is 2.15. The Kier molecular flexibility index (Phi) is 2.63. The van der Waals surface area contributed by atoms with Crippen LogP contribution in [0.1, 0.15) is 32.6 Å². The van der Waals surface area contributed by atoms with E-state index in [1.54, 1.807) is 13.0 Å². The van der Waals surface area contributed by atoms with E-state index in [-0.39, 0.29) is 4.92 Å². The molecule has 0 heterocycles. The lowest BCUT2D eigenvalue weighted by Gasteiger charge is -1.98. The van der Waals surface area contributed by atoms with Crippen LogP contribution in [0.4, 0.5) is 0 Å². The van der Waals surface area contributed by atoms with Crippen molar-refractivity contribution in [2.75, 3.05) is 0 Å². The smallest absolute Gasteiger partial charge is 0.239 e. The topological polar surface area (TPSA) is 43.1 Å². The van der Waals surface area contributed by atoms with Gasteiger partial charge in [-0.3, -0.25) is 10.1 Å². The SMILES string of the molecule is CC(=CC1CCCC1)[N+](=O)[O-]. The Morgan fingerprint density at radius 2 is 2.09 bits per heavy atom. The van der Waals surface area contributed by atoms with E-state index in [4.69, 9.17) is 0 Å². The zero-order chi connectivity index (χ0) is 8.27. The van der Waals surface area contributed by atoms with Gasteiger partial charge in [0.15, 0.2) is 0 Å². The number of hydrogen-bond acceptors (Lipinski definition) is 2. The highest BCUT2D eigenvalue weighted by atomic mass is 16.6. The van der Waals surface area contributed by atoms with Gasteiger partial charge in [-0.25, -0.2) is 0 Å². The van der Waals surface area contributed by atoms with Crippen molar-refractivity contribution < 1.29 is 4.92 Å². The second-order valence-corrected chi connectivity index (χ2v) is 3.11. The first-order chi connectivity index (χ1) is 5.20. The van der Waals surface area contributed by atoms with Crippen LogP contribution in [0, 0.1) is 16.0 Å². The molecule has 0 N–H and O–H groups in total. The molecular weight excluding hydrogens is 142 g/mol. The van der Waals surface area contributed by atoms with Crippen LogP contribution in [0.5, 0.6) is 0 Å². The maximum absolute atomic E-state index is 10.2. The van der Waals surface area contributed by atoms with Crippen LogP contribution in [-0.4, -0.2) is 4.92 Å². The molecule has 0 aliphatic heterocycles. The van der Waals surface area contributed by atoms with Crippen molar-refractivity contribution in [2.24, 2.45) is 5.92 Å². The number of allylic oxidation sites excluding steroid dienone is 2. The summed E-state index contributed by atoms with van der Waals surface area (Å²) in [6, 6.07) is 0. The summed E-state index contributed by atoms with van der Waals surface area (Å²) in [5.74, 6) is 0.473. The normalized spacial score (nSPS) is 20.6. The van der Waals surface area contributed by atoms with Gasteiger partial charge in [0, 0.05) is 6.92 Å². The van der Waals surface area contributed by atoms with Gasteiger partial charge in [0.25, 0.3) is 0 Å². The molecular formula is C8H13NO2. The summed E-state index contributed by atoms with van der Waals surface area (Å²) in [6.45, 7) is 1.57. The van der Waals surface area contributed by atoms with Crippen LogP contribution in [0.15, 0.2) is 11.8 Å². The molecule has 3 heteroatoms. The second-order valence-electron chi connectivity index (χ2n) is 3.11. The summed E-state index contributed by atoms with van der Waals surface area (Å²) in [7, 11) is 0. The number of hydrogen-bond donors (Lipinski definition) is 0. The van der Waals surface area contributed by atoms with E-state index in [9.17, 15) is 10.1 Å². The summed E-state index contributed by atoms with van der Waals surface area (Å²) < 4.78 is 0. The van der Waals surface area contributed by atoms with Crippen molar-refractivity contribution in [3.8, 4) is 0 Å². The van der Waals surface area contributed by atoms with Crippen molar-refractivity contribution >= 4 is 0 Å². The molecule has 3 nitrogen and oxygen atoms in total. The molecule has 11 heavy (non-hydrogen) atoms. The lowest BCUT2D eigenvalue weighted by atomic mass is 10.1. The first-order valence-electron chi connectivity index (χ1n) is 4.03. The second kappa shape index (κ2) is 3.51. The van der Waals surface area contributed by atoms with Gasteiger partial charge in [0.05, 0.1) is 4.92 Å². The molecule has 0 spiro atoms. The van der Waals surface area contributed by atoms with Gasteiger partial charge in [-0.1, -0.05) is 12.8 Å². The Bertz CT molecular complexity index is 181. The minimum atomic E-state index is -0.307. The predicted octanol–water partition coefficient (Wildman–Crippen LogP) is 2.36. The molecule has 0 amide bonds. The molecule has 0 aromatic rings. The van der Waals surface area contributed by atoms with Crippen LogP contribution in [0.25, 0.3) is 0 Å². The minimum absolute atomic E-state index is 0.303. The van der Waals surface area contributed by atoms with E-state index in [1.807, 2.05) is 0 Å². The van der Waals surface area contributed by atoms with Crippen molar-refractivity contribution in [2.45, 2.75) is 32.6 Å². The monoisotopic (exact) mass is 155 g/mol. The maximum Gasteiger partial charge on any atom is 0.239 e. The maximum atomic E-state index is 10.2. The lowest BCUT2D eigenvalue weighted by molar-refractivity contribution is -0.424. The number of nitro groups is 1. The highest BCUT2D eigenvalue weighted by molar-refractivity contribution is 4.94. The van der Waals surface area contributed by atoms with Crippen LogP contribution in [0.3, 0.4) is 0 Å². The molecule has 0 bridgehead atoms. The average molecular weight is 155 g/mol.